The van der Waals surface area contributed by atoms with Crippen molar-refractivity contribution in [2.24, 2.45) is 0 Å². The predicted octanol–water partition coefficient (Wildman–Crippen LogP) is 2.19. The predicted molar refractivity (Wildman–Crippen MR) is 73.5 cm³/mol. The van der Waals surface area contributed by atoms with Gasteiger partial charge in [-0.15, -0.1) is 0 Å². The van der Waals surface area contributed by atoms with E-state index in [-0.39, 0.29) is 0 Å². The van der Waals surface area contributed by atoms with Gasteiger partial charge >= 0.3 is 0 Å². The minimum absolute atomic E-state index is 0.678. The van der Waals surface area contributed by atoms with Crippen molar-refractivity contribution >= 4 is 18.5 Å². The summed E-state index contributed by atoms with van der Waals surface area (Å²) in [5, 5.41) is 1.61. The van der Waals surface area contributed by atoms with Gasteiger partial charge in [-0.25, -0.2) is 0 Å². The molecule has 0 fully saturated rings. The molecule has 0 atom stereocenters. The second-order valence-corrected chi connectivity index (χ2v) is 12.1. The third-order valence-electron chi connectivity index (χ3n) is 2.75. The Hall–Kier alpha value is 0.134. The van der Waals surface area contributed by atoms with E-state index in [4.69, 9.17) is 0 Å². The summed E-state index contributed by atoms with van der Waals surface area (Å²) in [6.45, 7) is 17.7. The molecule has 0 saturated heterocycles. The van der Waals surface area contributed by atoms with Gasteiger partial charge < -0.3 is 4.57 Å². The Bertz CT molecular complexity index is 210. The highest BCUT2D eigenvalue weighted by Gasteiger charge is 2.25. The summed E-state index contributed by atoms with van der Waals surface area (Å²) >= 11 is 0. The van der Waals surface area contributed by atoms with Gasteiger partial charge in [0, 0.05) is 16.8 Å². The summed E-state index contributed by atoms with van der Waals surface area (Å²) in [4.78, 5) is 0. The van der Waals surface area contributed by atoms with Crippen molar-refractivity contribution in [3.63, 3.8) is 0 Å². The molecular formula is C11H27NSi2. The summed E-state index contributed by atoms with van der Waals surface area (Å²) in [6.07, 6.45) is 0. The van der Waals surface area contributed by atoms with Gasteiger partial charge in [-0.3, -0.25) is 0 Å². The van der Waals surface area contributed by atoms with Crippen molar-refractivity contribution < 1.29 is 0 Å². The normalized spacial score (nSPS) is 15.2. The first-order valence-corrected chi connectivity index (χ1v) is 10.0. The summed E-state index contributed by atoms with van der Waals surface area (Å²) in [6, 6.07) is 0.678. The summed E-state index contributed by atoms with van der Waals surface area (Å²) in [5.41, 5.74) is 1.59. The van der Waals surface area contributed by atoms with Crippen LogP contribution in [-0.2, 0) is 0 Å². The van der Waals surface area contributed by atoms with Gasteiger partial charge in [-0.1, -0.05) is 44.3 Å². The van der Waals surface area contributed by atoms with Gasteiger partial charge in [0.25, 0.3) is 0 Å². The zero-order chi connectivity index (χ0) is 11.5. The summed E-state index contributed by atoms with van der Waals surface area (Å²) in [7, 11) is 0.0655. The second-order valence-electron chi connectivity index (χ2n) is 5.67. The lowest BCUT2D eigenvalue weighted by molar-refractivity contribution is 0.379. The molecule has 0 amide bonds. The zero-order valence-corrected chi connectivity index (χ0v) is 14.2. The lowest BCUT2D eigenvalue weighted by Crippen LogP contribution is -2.50. The fourth-order valence-electron chi connectivity index (χ4n) is 1.61. The Labute approximate surface area is 94.1 Å². The zero-order valence-electron chi connectivity index (χ0n) is 11.2. The number of allylic oxidation sites excluding steroid dienone is 1. The molecule has 0 aromatic heterocycles. The highest BCUT2D eigenvalue weighted by molar-refractivity contribution is 6.73. The van der Waals surface area contributed by atoms with Crippen LogP contribution in [0.4, 0.5) is 0 Å². The quantitative estimate of drug-likeness (QED) is 0.668. The number of nitrogens with zero attached hydrogens (tertiary/aromatic N) is 1. The molecule has 0 aliphatic rings. The largest absolute Gasteiger partial charge is 0.318 e. The van der Waals surface area contributed by atoms with E-state index in [0.717, 1.165) is 0 Å². The minimum Gasteiger partial charge on any atom is -0.318 e. The molecule has 3 heteroatoms. The first kappa shape index (κ1) is 14.1. The fourth-order valence-corrected chi connectivity index (χ4v) is 4.03. The smallest absolute Gasteiger partial charge is 0.119 e. The molecule has 0 aliphatic carbocycles. The molecule has 0 bridgehead atoms. The molecule has 0 unspecified atom stereocenters. The van der Waals surface area contributed by atoms with Crippen molar-refractivity contribution in [2.45, 2.75) is 53.4 Å². The maximum atomic E-state index is 2.70. The molecule has 0 aliphatic heterocycles. The average Bonchev–Trinajstić information content (AvgIpc) is 1.96. The van der Waals surface area contributed by atoms with E-state index >= 15 is 0 Å². The van der Waals surface area contributed by atoms with Crippen LogP contribution in [-0.4, -0.2) is 35.6 Å². The molecule has 0 N–H and O–H groups in total. The van der Waals surface area contributed by atoms with Crippen LogP contribution in [0.3, 0.4) is 0 Å². The van der Waals surface area contributed by atoms with Crippen LogP contribution in [0.25, 0.3) is 0 Å². The van der Waals surface area contributed by atoms with E-state index in [9.17, 15) is 0 Å². The van der Waals surface area contributed by atoms with Crippen LogP contribution >= 0.6 is 0 Å². The summed E-state index contributed by atoms with van der Waals surface area (Å²) < 4.78 is 2.70. The van der Waals surface area contributed by atoms with Gasteiger partial charge in [-0.2, -0.15) is 0 Å². The first-order valence-electron chi connectivity index (χ1n) is 5.56. The van der Waals surface area contributed by atoms with Crippen molar-refractivity contribution in [1.82, 2.24) is 4.57 Å². The molecule has 0 saturated carbocycles. The second kappa shape index (κ2) is 5.28. The Morgan fingerprint density at radius 3 is 1.86 bits per heavy atom. The average molecular weight is 230 g/mol. The van der Waals surface area contributed by atoms with E-state index < -0.39 is 8.24 Å². The maximum Gasteiger partial charge on any atom is 0.119 e. The molecule has 0 spiro atoms. The maximum absolute atomic E-state index is 2.70. The van der Waals surface area contributed by atoms with E-state index in [1.807, 2.05) is 0 Å². The van der Waals surface area contributed by atoms with Gasteiger partial charge in [0.05, 0.1) is 0 Å². The number of hydrogen-bond donors (Lipinski definition) is 0. The highest BCUT2D eigenvalue weighted by Crippen LogP contribution is 2.16. The third kappa shape index (κ3) is 4.57. The topological polar surface area (TPSA) is 3.24 Å². The van der Waals surface area contributed by atoms with Crippen molar-refractivity contribution in [1.29, 1.82) is 0 Å². The van der Waals surface area contributed by atoms with Crippen molar-refractivity contribution in [3.8, 4) is 0 Å². The molecule has 0 radical (unpaired) electrons. The van der Waals surface area contributed by atoms with Crippen LogP contribution < -0.4 is 0 Å². The Morgan fingerprint density at radius 2 is 1.64 bits per heavy atom. The molecule has 0 rings (SSSR count). The van der Waals surface area contributed by atoms with Gasteiger partial charge in [0.1, 0.15) is 8.24 Å². The third-order valence-corrected chi connectivity index (χ3v) is 6.00. The highest BCUT2D eigenvalue weighted by atomic mass is 28.3. The van der Waals surface area contributed by atoms with Crippen LogP contribution in [0, 0.1) is 0 Å². The van der Waals surface area contributed by atoms with Crippen LogP contribution in [0.15, 0.2) is 10.8 Å². The molecule has 0 heterocycles. The molecular weight excluding hydrogens is 202 g/mol. The Morgan fingerprint density at radius 1 is 1.21 bits per heavy atom. The van der Waals surface area contributed by atoms with Crippen LogP contribution in [0.5, 0.6) is 0 Å². The van der Waals surface area contributed by atoms with E-state index in [1.54, 1.807) is 10.8 Å². The van der Waals surface area contributed by atoms with Crippen molar-refractivity contribution in [3.05, 3.63) is 10.8 Å². The molecule has 1 nitrogen and oxygen atoms in total. The van der Waals surface area contributed by atoms with Crippen molar-refractivity contribution in [2.75, 3.05) is 6.54 Å². The van der Waals surface area contributed by atoms with Crippen LogP contribution in [0.1, 0.15) is 27.7 Å². The monoisotopic (exact) mass is 229 g/mol. The minimum atomic E-state index is -1.14. The lowest BCUT2D eigenvalue weighted by Gasteiger charge is -2.38. The molecule has 0 aromatic carbocycles. The first-order chi connectivity index (χ1) is 6.16. The van der Waals surface area contributed by atoms with Gasteiger partial charge in [0.15, 0.2) is 0 Å². The van der Waals surface area contributed by atoms with Crippen LogP contribution in [0.2, 0.25) is 19.6 Å². The number of hydrogen-bond acceptors (Lipinski definition) is 1. The Kier molecular flexibility index (Phi) is 5.33. The number of rotatable bonds is 4. The van der Waals surface area contributed by atoms with E-state index in [2.05, 4.69) is 51.9 Å². The molecule has 0 aromatic rings. The standard InChI is InChI=1S/C11H27NSi2/c1-9(2)12(14(5,6)7)8-10(3)11(4)13/h9H,8H2,1-7,13H3. The molecule has 84 valence electrons. The van der Waals surface area contributed by atoms with E-state index in [1.165, 1.54) is 16.8 Å². The van der Waals surface area contributed by atoms with Gasteiger partial charge in [0.2, 0.25) is 0 Å². The lowest BCUT2D eigenvalue weighted by atomic mass is 10.2. The van der Waals surface area contributed by atoms with Gasteiger partial charge in [-0.05, 0) is 19.9 Å². The SMILES string of the molecule is CC([SiH3])=C(C)CN(C(C)C)[Si](C)(C)C. The Balaban J connectivity index is 4.65. The molecule has 14 heavy (non-hydrogen) atoms. The summed E-state index contributed by atoms with van der Waals surface area (Å²) in [5.74, 6) is 0. The van der Waals surface area contributed by atoms with E-state index in [0.29, 0.717) is 6.04 Å². The fraction of sp³-hybridized carbons (Fsp3) is 0.818.